The van der Waals surface area contributed by atoms with Gasteiger partial charge in [-0.1, -0.05) is 30.3 Å². The highest BCUT2D eigenvalue weighted by Gasteiger charge is 2.10. The van der Waals surface area contributed by atoms with Crippen LogP contribution in [-0.2, 0) is 13.1 Å². The van der Waals surface area contributed by atoms with E-state index in [1.807, 2.05) is 18.3 Å². The lowest BCUT2D eigenvalue weighted by atomic mass is 10.1. The van der Waals surface area contributed by atoms with Crippen LogP contribution in [0.25, 0.3) is 0 Å². The van der Waals surface area contributed by atoms with Crippen molar-refractivity contribution in [3.63, 3.8) is 0 Å². The molecule has 0 spiro atoms. The van der Waals surface area contributed by atoms with Crippen LogP contribution < -0.4 is 10.6 Å². The molecule has 0 unspecified atom stereocenters. The van der Waals surface area contributed by atoms with Crippen LogP contribution in [0.5, 0.6) is 0 Å². The number of hydrogen-bond donors (Lipinski definition) is 1. The number of nitrogens with zero attached hydrogens (tertiary/aromatic N) is 2. The molecule has 0 fully saturated rings. The Hall–Kier alpha value is -1.87. The maximum absolute atomic E-state index is 5.80. The van der Waals surface area contributed by atoms with E-state index in [0.717, 1.165) is 18.9 Å². The second-order valence-electron chi connectivity index (χ2n) is 4.63. The zero-order valence-electron chi connectivity index (χ0n) is 11.6. The number of aryl methyl sites for hydroxylation is 1. The summed E-state index contributed by atoms with van der Waals surface area (Å²) < 4.78 is 0. The Labute approximate surface area is 115 Å². The van der Waals surface area contributed by atoms with E-state index in [4.69, 9.17) is 5.73 Å². The Bertz CT molecular complexity index is 537. The second kappa shape index (κ2) is 6.34. The van der Waals surface area contributed by atoms with Crippen molar-refractivity contribution in [3.05, 3.63) is 59.3 Å². The van der Waals surface area contributed by atoms with Crippen LogP contribution in [0.3, 0.4) is 0 Å². The van der Waals surface area contributed by atoms with Crippen molar-refractivity contribution in [2.75, 3.05) is 11.4 Å². The summed E-state index contributed by atoms with van der Waals surface area (Å²) >= 11 is 0. The number of anilines is 1. The second-order valence-corrected chi connectivity index (χ2v) is 4.63. The van der Waals surface area contributed by atoms with Crippen molar-refractivity contribution >= 4 is 5.82 Å². The molecule has 0 saturated heterocycles. The van der Waals surface area contributed by atoms with Crippen molar-refractivity contribution < 1.29 is 0 Å². The van der Waals surface area contributed by atoms with Gasteiger partial charge in [0.15, 0.2) is 0 Å². The summed E-state index contributed by atoms with van der Waals surface area (Å²) in [6, 6.07) is 12.4. The molecule has 0 aliphatic carbocycles. The zero-order valence-corrected chi connectivity index (χ0v) is 11.6. The lowest BCUT2D eigenvalue weighted by Gasteiger charge is -2.24. The van der Waals surface area contributed by atoms with Crippen LogP contribution in [0.1, 0.15) is 23.6 Å². The van der Waals surface area contributed by atoms with Crippen LogP contribution in [0.2, 0.25) is 0 Å². The Morgan fingerprint density at radius 2 is 1.84 bits per heavy atom. The van der Waals surface area contributed by atoms with Crippen LogP contribution in [-0.4, -0.2) is 11.5 Å². The number of benzene rings is 1. The molecular weight excluding hydrogens is 234 g/mol. The average Bonchev–Trinajstić information content (AvgIpc) is 2.46. The highest BCUT2D eigenvalue weighted by atomic mass is 15.2. The molecule has 1 aromatic carbocycles. The first-order valence-corrected chi connectivity index (χ1v) is 6.69. The lowest BCUT2D eigenvalue weighted by molar-refractivity contribution is 0.799. The summed E-state index contributed by atoms with van der Waals surface area (Å²) in [7, 11) is 0. The zero-order chi connectivity index (χ0) is 13.7. The quantitative estimate of drug-likeness (QED) is 0.893. The van der Waals surface area contributed by atoms with Crippen LogP contribution in [0.15, 0.2) is 42.6 Å². The van der Waals surface area contributed by atoms with Crippen LogP contribution in [0, 0.1) is 6.92 Å². The van der Waals surface area contributed by atoms with Gasteiger partial charge >= 0.3 is 0 Å². The fourth-order valence-electron chi connectivity index (χ4n) is 2.26. The van der Waals surface area contributed by atoms with E-state index in [2.05, 4.69) is 48.0 Å². The molecule has 0 saturated carbocycles. The minimum atomic E-state index is 0.578. The number of aromatic nitrogens is 1. The van der Waals surface area contributed by atoms with Crippen molar-refractivity contribution in [2.45, 2.75) is 26.9 Å². The molecule has 1 aromatic heterocycles. The Balaban J connectivity index is 2.27. The molecule has 0 amide bonds. The molecule has 0 bridgehead atoms. The molecule has 0 aliphatic heterocycles. The van der Waals surface area contributed by atoms with Crippen molar-refractivity contribution in [1.29, 1.82) is 0 Å². The molecule has 3 nitrogen and oxygen atoms in total. The predicted octanol–water partition coefficient (Wildman–Crippen LogP) is 2.88. The van der Waals surface area contributed by atoms with Gasteiger partial charge in [0.25, 0.3) is 0 Å². The molecule has 2 N–H and O–H groups in total. The third-order valence-corrected chi connectivity index (χ3v) is 3.36. The van der Waals surface area contributed by atoms with Gasteiger partial charge in [-0.05, 0) is 36.6 Å². The Morgan fingerprint density at radius 1 is 1.11 bits per heavy atom. The first-order valence-electron chi connectivity index (χ1n) is 6.69. The van der Waals surface area contributed by atoms with E-state index >= 15 is 0 Å². The molecule has 1 heterocycles. The van der Waals surface area contributed by atoms with Gasteiger partial charge < -0.3 is 10.6 Å². The smallest absolute Gasteiger partial charge is 0.131 e. The van der Waals surface area contributed by atoms with E-state index in [9.17, 15) is 0 Å². The van der Waals surface area contributed by atoms with Gasteiger partial charge in [0.2, 0.25) is 0 Å². The molecule has 2 aromatic rings. The van der Waals surface area contributed by atoms with Crippen molar-refractivity contribution in [2.24, 2.45) is 5.73 Å². The maximum Gasteiger partial charge on any atom is 0.131 e. The van der Waals surface area contributed by atoms with Crippen molar-refractivity contribution in [1.82, 2.24) is 4.98 Å². The maximum atomic E-state index is 5.80. The molecule has 3 heteroatoms. The standard InChI is InChI=1S/C16H21N3/c1-3-19(16-13(2)7-6-10-18-16)12-15-9-5-4-8-14(15)11-17/h4-10H,3,11-12,17H2,1-2H3. The van der Waals surface area contributed by atoms with E-state index in [1.165, 1.54) is 16.7 Å². The molecule has 0 radical (unpaired) electrons. The summed E-state index contributed by atoms with van der Waals surface area (Å²) in [4.78, 5) is 6.78. The normalized spacial score (nSPS) is 10.5. The average molecular weight is 255 g/mol. The highest BCUT2D eigenvalue weighted by Crippen LogP contribution is 2.19. The van der Waals surface area contributed by atoms with Gasteiger partial charge in [0.1, 0.15) is 5.82 Å². The molecular formula is C16H21N3. The summed E-state index contributed by atoms with van der Waals surface area (Å²) in [5.41, 5.74) is 9.48. The van der Waals surface area contributed by atoms with Gasteiger partial charge in [-0.25, -0.2) is 4.98 Å². The third-order valence-electron chi connectivity index (χ3n) is 3.36. The van der Waals surface area contributed by atoms with Gasteiger partial charge in [-0.2, -0.15) is 0 Å². The van der Waals surface area contributed by atoms with E-state index in [0.29, 0.717) is 6.54 Å². The number of hydrogen-bond acceptors (Lipinski definition) is 3. The van der Waals surface area contributed by atoms with Gasteiger partial charge in [0, 0.05) is 25.8 Å². The van der Waals surface area contributed by atoms with Gasteiger partial charge in [0.05, 0.1) is 0 Å². The fourth-order valence-corrected chi connectivity index (χ4v) is 2.26. The summed E-state index contributed by atoms with van der Waals surface area (Å²) in [5.74, 6) is 1.05. The molecule has 100 valence electrons. The van der Waals surface area contributed by atoms with Crippen LogP contribution >= 0.6 is 0 Å². The fraction of sp³-hybridized carbons (Fsp3) is 0.312. The minimum absolute atomic E-state index is 0.578. The number of pyridine rings is 1. The number of nitrogens with two attached hydrogens (primary N) is 1. The highest BCUT2D eigenvalue weighted by molar-refractivity contribution is 5.47. The van der Waals surface area contributed by atoms with Gasteiger partial charge in [-0.15, -0.1) is 0 Å². The Morgan fingerprint density at radius 3 is 2.47 bits per heavy atom. The first-order chi connectivity index (χ1) is 9.26. The largest absolute Gasteiger partial charge is 0.352 e. The number of rotatable bonds is 5. The first kappa shape index (κ1) is 13.6. The third kappa shape index (κ3) is 3.12. The monoisotopic (exact) mass is 255 g/mol. The van der Waals surface area contributed by atoms with Crippen molar-refractivity contribution in [3.8, 4) is 0 Å². The Kier molecular flexibility index (Phi) is 4.53. The topological polar surface area (TPSA) is 42.1 Å². The molecule has 19 heavy (non-hydrogen) atoms. The predicted molar refractivity (Wildman–Crippen MR) is 80.0 cm³/mol. The van der Waals surface area contributed by atoms with E-state index < -0.39 is 0 Å². The van der Waals surface area contributed by atoms with E-state index in [-0.39, 0.29) is 0 Å². The summed E-state index contributed by atoms with van der Waals surface area (Å²) in [6.07, 6.45) is 1.85. The van der Waals surface area contributed by atoms with Gasteiger partial charge in [-0.3, -0.25) is 0 Å². The summed E-state index contributed by atoms with van der Waals surface area (Å²) in [6.45, 7) is 6.60. The SMILES string of the molecule is CCN(Cc1ccccc1CN)c1ncccc1C. The molecule has 0 atom stereocenters. The van der Waals surface area contributed by atoms with Crippen LogP contribution in [0.4, 0.5) is 5.82 Å². The van der Waals surface area contributed by atoms with E-state index in [1.54, 1.807) is 0 Å². The summed E-state index contributed by atoms with van der Waals surface area (Å²) in [5, 5.41) is 0. The molecule has 0 aliphatic rings. The minimum Gasteiger partial charge on any atom is -0.352 e. The lowest BCUT2D eigenvalue weighted by Crippen LogP contribution is -2.24. The molecule has 2 rings (SSSR count).